The number of methoxy groups -OCH3 is 1. The maximum atomic E-state index is 13.9. The molecule has 0 fully saturated rings. The molecule has 0 aromatic heterocycles. The molecule has 0 aliphatic rings. The standard InChI is InChI=1S/C19H24FNO2/c1-3-10-23-17-7-4-14(5-8-17)11-16(13-21)15-6-9-19(22-2)18(20)12-15/h4-9,12,16H,3,10-11,13,21H2,1-2H3. The van der Waals surface area contributed by atoms with Crippen molar-refractivity contribution in [2.24, 2.45) is 5.73 Å². The fraction of sp³-hybridized carbons (Fsp3) is 0.368. The maximum absolute atomic E-state index is 13.9. The normalized spacial score (nSPS) is 12.0. The highest BCUT2D eigenvalue weighted by atomic mass is 19.1. The Morgan fingerprint density at radius 2 is 1.87 bits per heavy atom. The van der Waals surface area contributed by atoms with Crippen LogP contribution in [0.4, 0.5) is 4.39 Å². The molecule has 0 heterocycles. The molecule has 0 aliphatic heterocycles. The Balaban J connectivity index is 2.08. The van der Waals surface area contributed by atoms with Crippen molar-refractivity contribution in [1.82, 2.24) is 0 Å². The summed E-state index contributed by atoms with van der Waals surface area (Å²) in [7, 11) is 1.46. The lowest BCUT2D eigenvalue weighted by molar-refractivity contribution is 0.317. The molecule has 0 amide bonds. The molecule has 0 radical (unpaired) electrons. The van der Waals surface area contributed by atoms with E-state index in [-0.39, 0.29) is 17.5 Å². The monoisotopic (exact) mass is 317 g/mol. The van der Waals surface area contributed by atoms with Crippen molar-refractivity contribution in [2.75, 3.05) is 20.3 Å². The Morgan fingerprint density at radius 3 is 2.43 bits per heavy atom. The molecule has 1 unspecified atom stereocenters. The van der Waals surface area contributed by atoms with E-state index in [9.17, 15) is 4.39 Å². The van der Waals surface area contributed by atoms with Gasteiger partial charge in [-0.2, -0.15) is 0 Å². The van der Waals surface area contributed by atoms with E-state index < -0.39 is 0 Å². The second-order valence-corrected chi connectivity index (χ2v) is 5.52. The van der Waals surface area contributed by atoms with Crippen LogP contribution < -0.4 is 15.2 Å². The van der Waals surface area contributed by atoms with Crippen molar-refractivity contribution in [3.63, 3.8) is 0 Å². The molecule has 124 valence electrons. The van der Waals surface area contributed by atoms with Gasteiger partial charge in [-0.05, 0) is 54.8 Å². The summed E-state index contributed by atoms with van der Waals surface area (Å²) in [5, 5.41) is 0. The van der Waals surface area contributed by atoms with Crippen LogP contribution in [0.1, 0.15) is 30.4 Å². The molecule has 2 rings (SSSR count). The summed E-state index contributed by atoms with van der Waals surface area (Å²) in [6, 6.07) is 13.0. The maximum Gasteiger partial charge on any atom is 0.165 e. The van der Waals surface area contributed by atoms with Crippen LogP contribution in [0.25, 0.3) is 0 Å². The zero-order valence-electron chi connectivity index (χ0n) is 13.7. The predicted octanol–water partition coefficient (Wildman–Crippen LogP) is 3.91. The van der Waals surface area contributed by atoms with Crippen molar-refractivity contribution < 1.29 is 13.9 Å². The second-order valence-electron chi connectivity index (χ2n) is 5.52. The summed E-state index contributed by atoms with van der Waals surface area (Å²) in [5.74, 6) is 0.835. The van der Waals surface area contributed by atoms with Crippen LogP contribution in [0.5, 0.6) is 11.5 Å². The number of hydrogen-bond acceptors (Lipinski definition) is 3. The van der Waals surface area contributed by atoms with Crippen LogP contribution in [0.3, 0.4) is 0 Å². The third-order valence-corrected chi connectivity index (χ3v) is 3.81. The topological polar surface area (TPSA) is 44.5 Å². The Hall–Kier alpha value is -2.07. The fourth-order valence-electron chi connectivity index (χ4n) is 2.50. The highest BCUT2D eigenvalue weighted by Gasteiger charge is 2.13. The molecular formula is C19H24FNO2. The van der Waals surface area contributed by atoms with E-state index in [4.69, 9.17) is 15.2 Å². The van der Waals surface area contributed by atoms with Crippen molar-refractivity contribution in [2.45, 2.75) is 25.7 Å². The molecule has 0 saturated heterocycles. The van der Waals surface area contributed by atoms with E-state index in [1.807, 2.05) is 30.3 Å². The zero-order chi connectivity index (χ0) is 16.7. The van der Waals surface area contributed by atoms with Gasteiger partial charge in [0.15, 0.2) is 11.6 Å². The Labute approximate surface area is 137 Å². The molecule has 0 saturated carbocycles. The molecule has 23 heavy (non-hydrogen) atoms. The summed E-state index contributed by atoms with van der Waals surface area (Å²) in [5.41, 5.74) is 7.93. The number of halogens is 1. The Morgan fingerprint density at radius 1 is 1.13 bits per heavy atom. The molecule has 0 aliphatic carbocycles. The van der Waals surface area contributed by atoms with Crippen molar-refractivity contribution in [3.05, 3.63) is 59.4 Å². The number of rotatable bonds is 8. The van der Waals surface area contributed by atoms with Crippen LogP contribution >= 0.6 is 0 Å². The van der Waals surface area contributed by atoms with E-state index in [1.54, 1.807) is 6.07 Å². The van der Waals surface area contributed by atoms with Gasteiger partial charge in [-0.15, -0.1) is 0 Å². The first-order valence-corrected chi connectivity index (χ1v) is 7.93. The van der Waals surface area contributed by atoms with E-state index in [0.29, 0.717) is 6.54 Å². The molecule has 2 N–H and O–H groups in total. The molecule has 3 nitrogen and oxygen atoms in total. The molecular weight excluding hydrogens is 293 g/mol. The summed E-state index contributed by atoms with van der Waals surface area (Å²) in [6.07, 6.45) is 1.75. The molecule has 1 atom stereocenters. The average Bonchev–Trinajstić information content (AvgIpc) is 2.58. The first-order chi connectivity index (χ1) is 11.2. The van der Waals surface area contributed by atoms with Gasteiger partial charge < -0.3 is 15.2 Å². The summed E-state index contributed by atoms with van der Waals surface area (Å²) < 4.78 is 24.4. The molecule has 2 aromatic rings. The van der Waals surface area contributed by atoms with Gasteiger partial charge in [0.05, 0.1) is 13.7 Å². The highest BCUT2D eigenvalue weighted by molar-refractivity contribution is 5.34. The largest absolute Gasteiger partial charge is 0.494 e. The minimum absolute atomic E-state index is 0.0674. The van der Waals surface area contributed by atoms with Crippen LogP contribution in [0.2, 0.25) is 0 Å². The van der Waals surface area contributed by atoms with Crippen molar-refractivity contribution in [3.8, 4) is 11.5 Å². The van der Waals surface area contributed by atoms with Gasteiger partial charge in [0.2, 0.25) is 0 Å². The van der Waals surface area contributed by atoms with Crippen LogP contribution in [-0.2, 0) is 6.42 Å². The van der Waals surface area contributed by atoms with Gasteiger partial charge in [-0.3, -0.25) is 0 Å². The van der Waals surface area contributed by atoms with Gasteiger partial charge in [0, 0.05) is 5.92 Å². The average molecular weight is 317 g/mol. The number of hydrogen-bond donors (Lipinski definition) is 1. The first-order valence-electron chi connectivity index (χ1n) is 7.93. The minimum atomic E-state index is -0.355. The van der Waals surface area contributed by atoms with E-state index >= 15 is 0 Å². The minimum Gasteiger partial charge on any atom is -0.494 e. The first kappa shape index (κ1) is 17.3. The number of benzene rings is 2. The lowest BCUT2D eigenvalue weighted by Crippen LogP contribution is -2.15. The quantitative estimate of drug-likeness (QED) is 0.803. The lowest BCUT2D eigenvalue weighted by atomic mass is 9.92. The van der Waals surface area contributed by atoms with Crippen LogP contribution in [0.15, 0.2) is 42.5 Å². The van der Waals surface area contributed by atoms with E-state index in [2.05, 4.69) is 6.92 Å². The van der Waals surface area contributed by atoms with Gasteiger partial charge in [-0.25, -0.2) is 4.39 Å². The van der Waals surface area contributed by atoms with E-state index in [1.165, 1.54) is 13.2 Å². The Bertz CT molecular complexity index is 613. The lowest BCUT2D eigenvalue weighted by Gasteiger charge is -2.16. The molecule has 0 spiro atoms. The fourth-order valence-corrected chi connectivity index (χ4v) is 2.50. The SMILES string of the molecule is CCCOc1ccc(CC(CN)c2ccc(OC)c(F)c2)cc1. The van der Waals surface area contributed by atoms with Gasteiger partial charge in [-0.1, -0.05) is 25.1 Å². The molecule has 0 bridgehead atoms. The van der Waals surface area contributed by atoms with Gasteiger partial charge in [0.25, 0.3) is 0 Å². The predicted molar refractivity (Wildman–Crippen MR) is 90.7 cm³/mol. The van der Waals surface area contributed by atoms with Gasteiger partial charge >= 0.3 is 0 Å². The highest BCUT2D eigenvalue weighted by Crippen LogP contribution is 2.26. The van der Waals surface area contributed by atoms with Gasteiger partial charge in [0.1, 0.15) is 5.75 Å². The van der Waals surface area contributed by atoms with E-state index in [0.717, 1.165) is 36.3 Å². The smallest absolute Gasteiger partial charge is 0.165 e. The second kappa shape index (κ2) is 8.53. The number of nitrogens with two attached hydrogens (primary N) is 1. The third kappa shape index (κ3) is 4.70. The summed E-state index contributed by atoms with van der Waals surface area (Å²) in [6.45, 7) is 3.25. The number of ether oxygens (including phenoxy) is 2. The van der Waals surface area contributed by atoms with Crippen LogP contribution in [-0.4, -0.2) is 20.3 Å². The molecule has 2 aromatic carbocycles. The molecule has 4 heteroatoms. The Kier molecular flexibility index (Phi) is 6.41. The van der Waals surface area contributed by atoms with Crippen molar-refractivity contribution >= 4 is 0 Å². The van der Waals surface area contributed by atoms with Crippen LogP contribution in [0, 0.1) is 5.82 Å². The zero-order valence-corrected chi connectivity index (χ0v) is 13.7. The van der Waals surface area contributed by atoms with Crippen molar-refractivity contribution in [1.29, 1.82) is 0 Å². The third-order valence-electron chi connectivity index (χ3n) is 3.81. The summed E-state index contributed by atoms with van der Waals surface area (Å²) in [4.78, 5) is 0. The summed E-state index contributed by atoms with van der Waals surface area (Å²) >= 11 is 0.